The Hall–Kier alpha value is -1.22. The number of ketones is 1. The lowest BCUT2D eigenvalue weighted by molar-refractivity contribution is -0.137. The van der Waals surface area contributed by atoms with E-state index < -0.39 is 43.3 Å². The first-order valence-electron chi connectivity index (χ1n) is 4.11. The number of carbonyl (C=O) groups is 2. The third kappa shape index (κ3) is 4.21. The molecule has 8 nitrogen and oxygen atoms in total. The SMILES string of the molecule is NC(=O)N[C@@H](CO)C(=O)[C@H](O)[C@H](O)CO. The monoisotopic (exact) mass is 222 g/mol. The fourth-order valence-electron chi connectivity index (χ4n) is 0.874. The fraction of sp³-hybridized carbons (Fsp3) is 0.714. The van der Waals surface area contributed by atoms with Gasteiger partial charge in [0, 0.05) is 0 Å². The molecule has 0 rings (SSSR count). The Kier molecular flexibility index (Phi) is 5.79. The first-order valence-corrected chi connectivity index (χ1v) is 4.11. The van der Waals surface area contributed by atoms with Crippen LogP contribution in [0.1, 0.15) is 0 Å². The molecular formula is C7H14N2O6. The first kappa shape index (κ1) is 13.8. The van der Waals surface area contributed by atoms with Crippen LogP contribution in [0.15, 0.2) is 0 Å². The molecule has 8 heteroatoms. The molecule has 2 amide bonds. The number of nitrogens with two attached hydrogens (primary N) is 1. The van der Waals surface area contributed by atoms with Gasteiger partial charge in [-0.25, -0.2) is 4.79 Å². The summed E-state index contributed by atoms with van der Waals surface area (Å²) in [4.78, 5) is 21.6. The van der Waals surface area contributed by atoms with Crippen LogP contribution in [0, 0.1) is 0 Å². The van der Waals surface area contributed by atoms with Crippen molar-refractivity contribution in [2.75, 3.05) is 13.2 Å². The third-order valence-corrected chi connectivity index (χ3v) is 1.69. The lowest BCUT2D eigenvalue weighted by Crippen LogP contribution is -2.52. The van der Waals surface area contributed by atoms with Gasteiger partial charge in [-0.2, -0.15) is 0 Å². The Morgan fingerprint density at radius 1 is 1.20 bits per heavy atom. The Balaban J connectivity index is 4.43. The van der Waals surface area contributed by atoms with Crippen LogP contribution in [0.3, 0.4) is 0 Å². The van der Waals surface area contributed by atoms with Crippen molar-refractivity contribution in [1.82, 2.24) is 5.32 Å². The average Bonchev–Trinajstić information content (AvgIpc) is 2.22. The molecule has 0 bridgehead atoms. The highest BCUT2D eigenvalue weighted by Gasteiger charge is 2.30. The molecule has 15 heavy (non-hydrogen) atoms. The normalized spacial score (nSPS) is 16.5. The summed E-state index contributed by atoms with van der Waals surface area (Å²) in [6.07, 6.45) is -3.56. The van der Waals surface area contributed by atoms with Crippen molar-refractivity contribution < 1.29 is 30.0 Å². The van der Waals surface area contributed by atoms with Crippen molar-refractivity contribution in [3.8, 4) is 0 Å². The second-order valence-electron chi connectivity index (χ2n) is 2.84. The summed E-state index contributed by atoms with van der Waals surface area (Å²) in [5.74, 6) is -1.03. The van der Waals surface area contributed by atoms with Crippen molar-refractivity contribution in [3.63, 3.8) is 0 Å². The van der Waals surface area contributed by atoms with Gasteiger partial charge in [0.25, 0.3) is 0 Å². The lowest BCUT2D eigenvalue weighted by atomic mass is 10.0. The summed E-state index contributed by atoms with van der Waals surface area (Å²) in [7, 11) is 0. The largest absolute Gasteiger partial charge is 0.394 e. The van der Waals surface area contributed by atoms with Crippen LogP contribution in [0.2, 0.25) is 0 Å². The molecule has 7 N–H and O–H groups in total. The first-order chi connectivity index (χ1) is 6.93. The summed E-state index contributed by atoms with van der Waals surface area (Å²) in [5.41, 5.74) is 4.71. The quantitative estimate of drug-likeness (QED) is 0.272. The molecule has 0 aromatic rings. The van der Waals surface area contributed by atoms with E-state index in [0.29, 0.717) is 0 Å². The number of aliphatic hydroxyl groups is 4. The minimum absolute atomic E-state index is 0.767. The number of carbonyl (C=O) groups excluding carboxylic acids is 2. The summed E-state index contributed by atoms with van der Waals surface area (Å²) in [5, 5.41) is 37.1. The highest BCUT2D eigenvalue weighted by molar-refractivity contribution is 5.91. The lowest BCUT2D eigenvalue weighted by Gasteiger charge is -2.20. The molecule has 0 aliphatic carbocycles. The van der Waals surface area contributed by atoms with Crippen LogP contribution in [-0.2, 0) is 4.79 Å². The van der Waals surface area contributed by atoms with Gasteiger partial charge >= 0.3 is 6.03 Å². The predicted molar refractivity (Wildman–Crippen MR) is 47.7 cm³/mol. The molecule has 0 aliphatic heterocycles. The van der Waals surface area contributed by atoms with E-state index in [2.05, 4.69) is 0 Å². The van der Waals surface area contributed by atoms with Crippen molar-refractivity contribution in [2.45, 2.75) is 18.2 Å². The molecule has 0 fully saturated rings. The number of nitrogens with one attached hydrogen (secondary N) is 1. The number of hydrogen-bond donors (Lipinski definition) is 6. The molecule has 0 radical (unpaired) electrons. The molecule has 0 saturated heterocycles. The standard InChI is InChI=1S/C7H14N2O6/c8-7(15)9-3(1-10)5(13)6(14)4(12)2-11/h3-4,6,10-12,14H,1-2H2,(H3,8,9,15)/t3-,4+,6+/m0/s1. The fourth-order valence-corrected chi connectivity index (χ4v) is 0.874. The van der Waals surface area contributed by atoms with E-state index in [4.69, 9.17) is 26.2 Å². The van der Waals surface area contributed by atoms with E-state index in [1.54, 1.807) is 0 Å². The van der Waals surface area contributed by atoms with Crippen molar-refractivity contribution >= 4 is 11.8 Å². The molecule has 0 aromatic heterocycles. The van der Waals surface area contributed by atoms with Crippen LogP contribution < -0.4 is 11.1 Å². The maximum atomic E-state index is 11.3. The number of primary amides is 1. The van der Waals surface area contributed by atoms with Gasteiger partial charge in [0.15, 0.2) is 5.78 Å². The zero-order valence-electron chi connectivity index (χ0n) is 7.83. The second kappa shape index (κ2) is 6.30. The van der Waals surface area contributed by atoms with Gasteiger partial charge in [0.1, 0.15) is 18.2 Å². The van der Waals surface area contributed by atoms with Crippen LogP contribution in [0.25, 0.3) is 0 Å². The van der Waals surface area contributed by atoms with Gasteiger partial charge in [0.05, 0.1) is 13.2 Å². The van der Waals surface area contributed by atoms with Gasteiger partial charge in [-0.05, 0) is 0 Å². The number of urea groups is 1. The summed E-state index contributed by atoms with van der Waals surface area (Å²) >= 11 is 0. The van der Waals surface area contributed by atoms with E-state index in [1.165, 1.54) is 0 Å². The van der Waals surface area contributed by atoms with Crippen LogP contribution in [-0.4, -0.2) is 63.7 Å². The highest BCUT2D eigenvalue weighted by Crippen LogP contribution is 1.99. The van der Waals surface area contributed by atoms with E-state index >= 15 is 0 Å². The van der Waals surface area contributed by atoms with Crippen molar-refractivity contribution in [1.29, 1.82) is 0 Å². The molecular weight excluding hydrogens is 208 g/mol. The Morgan fingerprint density at radius 2 is 1.73 bits per heavy atom. The second-order valence-corrected chi connectivity index (χ2v) is 2.84. The van der Waals surface area contributed by atoms with Gasteiger partial charge in [-0.1, -0.05) is 0 Å². The minimum Gasteiger partial charge on any atom is -0.394 e. The molecule has 0 aromatic carbocycles. The molecule has 88 valence electrons. The van der Waals surface area contributed by atoms with E-state index in [1.807, 2.05) is 5.32 Å². The van der Waals surface area contributed by atoms with E-state index in [-0.39, 0.29) is 0 Å². The highest BCUT2D eigenvalue weighted by atomic mass is 16.4. The number of hydrogen-bond acceptors (Lipinski definition) is 6. The number of rotatable bonds is 6. The van der Waals surface area contributed by atoms with E-state index in [0.717, 1.165) is 0 Å². The Labute approximate surface area is 85.3 Å². The number of aliphatic hydroxyl groups excluding tert-OH is 4. The van der Waals surface area contributed by atoms with Gasteiger partial charge < -0.3 is 31.5 Å². The average molecular weight is 222 g/mol. The smallest absolute Gasteiger partial charge is 0.312 e. The molecule has 0 unspecified atom stereocenters. The van der Waals surface area contributed by atoms with Gasteiger partial charge in [0.2, 0.25) is 0 Å². The maximum absolute atomic E-state index is 11.3. The minimum atomic E-state index is -1.89. The molecule has 0 aliphatic rings. The zero-order chi connectivity index (χ0) is 12.0. The van der Waals surface area contributed by atoms with Crippen molar-refractivity contribution in [3.05, 3.63) is 0 Å². The molecule has 3 atom stereocenters. The number of Topliss-reactive ketones (excluding diaryl/α,β-unsaturated/α-hetero) is 1. The molecule has 0 heterocycles. The van der Waals surface area contributed by atoms with Crippen LogP contribution in [0.5, 0.6) is 0 Å². The van der Waals surface area contributed by atoms with Gasteiger partial charge in [-0.15, -0.1) is 0 Å². The third-order valence-electron chi connectivity index (χ3n) is 1.69. The summed E-state index contributed by atoms with van der Waals surface area (Å²) in [6.45, 7) is -1.58. The summed E-state index contributed by atoms with van der Waals surface area (Å²) < 4.78 is 0. The Bertz CT molecular complexity index is 234. The predicted octanol–water partition coefficient (Wildman–Crippen LogP) is -3.70. The number of amides is 2. The zero-order valence-corrected chi connectivity index (χ0v) is 7.83. The van der Waals surface area contributed by atoms with E-state index in [9.17, 15) is 9.59 Å². The van der Waals surface area contributed by atoms with Crippen molar-refractivity contribution in [2.24, 2.45) is 5.73 Å². The van der Waals surface area contributed by atoms with Gasteiger partial charge in [-0.3, -0.25) is 4.79 Å². The topological polar surface area (TPSA) is 153 Å². The maximum Gasteiger partial charge on any atom is 0.312 e. The van der Waals surface area contributed by atoms with Crippen LogP contribution in [0.4, 0.5) is 4.79 Å². The molecule has 0 saturated carbocycles. The Morgan fingerprint density at radius 3 is 2.07 bits per heavy atom. The van der Waals surface area contributed by atoms with Crippen LogP contribution >= 0.6 is 0 Å². The summed E-state index contributed by atoms with van der Waals surface area (Å²) in [6, 6.07) is -2.45. The molecule has 0 spiro atoms.